The first-order valence-electron chi connectivity index (χ1n) is 9.82. The van der Waals surface area contributed by atoms with Crippen LogP contribution in [0.1, 0.15) is 56.1 Å². The van der Waals surface area contributed by atoms with E-state index in [0.717, 1.165) is 32.1 Å². The van der Waals surface area contributed by atoms with E-state index >= 15 is 0 Å². The number of nitrogens with one attached hydrogen (secondary N) is 1. The van der Waals surface area contributed by atoms with Gasteiger partial charge in [-0.25, -0.2) is 0 Å². The largest absolute Gasteiger partial charge is 0.353 e. The highest BCUT2D eigenvalue weighted by Gasteiger charge is 2.61. The van der Waals surface area contributed by atoms with E-state index in [1.165, 1.54) is 30.4 Å². The van der Waals surface area contributed by atoms with Gasteiger partial charge in [0.2, 0.25) is 5.91 Å². The van der Waals surface area contributed by atoms with E-state index in [0.29, 0.717) is 29.8 Å². The average Bonchev–Trinajstić information content (AvgIpc) is 3.18. The summed E-state index contributed by atoms with van der Waals surface area (Å²) in [5.74, 6) is 1.76. The molecule has 0 radical (unpaired) electrons. The lowest BCUT2D eigenvalue weighted by atomic mass is 9.67. The maximum atomic E-state index is 13.0. The number of fused-ring (bicyclic) bond motifs is 4. The number of carbonyl (C=O) groups is 1. The Morgan fingerprint density at radius 3 is 2.71 bits per heavy atom. The van der Waals surface area contributed by atoms with E-state index in [-0.39, 0.29) is 11.3 Å². The Balaban J connectivity index is 1.31. The number of hydrogen-bond donors (Lipinski definition) is 2. The number of aryl methyl sites for hydroxylation is 1. The van der Waals surface area contributed by atoms with Gasteiger partial charge in [-0.15, -0.1) is 0 Å². The number of hydrogen-bond acceptors (Lipinski definition) is 2. The van der Waals surface area contributed by atoms with Crippen LogP contribution in [0.25, 0.3) is 0 Å². The van der Waals surface area contributed by atoms with Gasteiger partial charge in [-0.05, 0) is 67.9 Å². The Morgan fingerprint density at radius 2 is 1.92 bits per heavy atom. The fourth-order valence-electron chi connectivity index (χ4n) is 6.23. The third-order valence-electron chi connectivity index (χ3n) is 7.47. The van der Waals surface area contributed by atoms with Crippen molar-refractivity contribution in [2.45, 2.75) is 68.9 Å². The van der Waals surface area contributed by atoms with Crippen molar-refractivity contribution in [3.63, 3.8) is 0 Å². The molecule has 1 aromatic rings. The Hall–Kier alpha value is -1.35. The Morgan fingerprint density at radius 1 is 1.17 bits per heavy atom. The topological polar surface area (TPSA) is 55.1 Å². The average molecular weight is 324 g/mol. The molecule has 3 N–H and O–H groups in total. The molecule has 4 atom stereocenters. The zero-order chi connectivity index (χ0) is 16.3. The van der Waals surface area contributed by atoms with Crippen LogP contribution in [-0.4, -0.2) is 18.0 Å². The number of carbonyl (C=O) groups excluding carboxylic acids is 1. The SMILES string of the molecule is NC1CC2CCCC(C1)C2NC(=O)C1CC12CCc1ccccc12. The highest BCUT2D eigenvalue weighted by molar-refractivity contribution is 5.85. The fourth-order valence-corrected chi connectivity index (χ4v) is 6.23. The lowest BCUT2D eigenvalue weighted by Gasteiger charge is -2.45. The first-order chi connectivity index (χ1) is 11.7. The molecule has 1 amide bonds. The molecule has 1 aromatic carbocycles. The van der Waals surface area contributed by atoms with E-state index < -0.39 is 0 Å². The highest BCUT2D eigenvalue weighted by atomic mass is 16.2. The number of nitrogens with two attached hydrogens (primary N) is 1. The molecule has 3 saturated carbocycles. The van der Waals surface area contributed by atoms with Crippen LogP contribution in [0.3, 0.4) is 0 Å². The third-order valence-corrected chi connectivity index (χ3v) is 7.47. The Bertz CT molecular complexity index is 658. The monoisotopic (exact) mass is 324 g/mol. The van der Waals surface area contributed by atoms with Crippen molar-refractivity contribution < 1.29 is 4.79 Å². The molecule has 0 saturated heterocycles. The zero-order valence-electron chi connectivity index (χ0n) is 14.3. The Labute approximate surface area is 144 Å². The molecule has 1 spiro atoms. The Kier molecular flexibility index (Phi) is 3.31. The van der Waals surface area contributed by atoms with Gasteiger partial charge < -0.3 is 11.1 Å². The summed E-state index contributed by atoms with van der Waals surface area (Å²) in [6.07, 6.45) is 9.35. The number of benzene rings is 1. The molecule has 128 valence electrons. The number of amides is 1. The molecule has 0 heterocycles. The van der Waals surface area contributed by atoms with Crippen LogP contribution in [-0.2, 0) is 16.6 Å². The lowest BCUT2D eigenvalue weighted by Crippen LogP contribution is -2.54. The van der Waals surface area contributed by atoms with Gasteiger partial charge >= 0.3 is 0 Å². The third kappa shape index (κ3) is 2.17. The van der Waals surface area contributed by atoms with E-state index in [1.54, 1.807) is 0 Å². The van der Waals surface area contributed by atoms with Gasteiger partial charge in [-0.3, -0.25) is 4.79 Å². The molecule has 0 aromatic heterocycles. The molecule has 3 nitrogen and oxygen atoms in total. The van der Waals surface area contributed by atoms with Crippen molar-refractivity contribution in [2.24, 2.45) is 23.5 Å². The lowest BCUT2D eigenvalue weighted by molar-refractivity contribution is -0.125. The van der Waals surface area contributed by atoms with Gasteiger partial charge in [0.05, 0.1) is 0 Å². The summed E-state index contributed by atoms with van der Waals surface area (Å²) in [7, 11) is 0. The second kappa shape index (κ2) is 5.32. The van der Waals surface area contributed by atoms with Crippen LogP contribution in [0.5, 0.6) is 0 Å². The molecule has 2 bridgehead atoms. The predicted molar refractivity (Wildman–Crippen MR) is 94.5 cm³/mol. The molecule has 4 aliphatic rings. The molecular weight excluding hydrogens is 296 g/mol. The summed E-state index contributed by atoms with van der Waals surface area (Å²) < 4.78 is 0. The second-order valence-electron chi connectivity index (χ2n) is 8.79. The zero-order valence-corrected chi connectivity index (χ0v) is 14.3. The summed E-state index contributed by atoms with van der Waals surface area (Å²) >= 11 is 0. The van der Waals surface area contributed by atoms with Crippen LogP contribution in [0.2, 0.25) is 0 Å². The van der Waals surface area contributed by atoms with E-state index in [9.17, 15) is 4.79 Å². The van der Waals surface area contributed by atoms with Gasteiger partial charge in [-0.2, -0.15) is 0 Å². The van der Waals surface area contributed by atoms with Gasteiger partial charge in [0.1, 0.15) is 0 Å². The quantitative estimate of drug-likeness (QED) is 0.879. The van der Waals surface area contributed by atoms with Crippen molar-refractivity contribution in [1.29, 1.82) is 0 Å². The van der Waals surface area contributed by atoms with Crippen LogP contribution in [0, 0.1) is 17.8 Å². The smallest absolute Gasteiger partial charge is 0.224 e. The summed E-state index contributed by atoms with van der Waals surface area (Å²) in [6.45, 7) is 0. The first kappa shape index (κ1) is 14.9. The second-order valence-corrected chi connectivity index (χ2v) is 8.79. The minimum atomic E-state index is 0.168. The molecule has 24 heavy (non-hydrogen) atoms. The highest BCUT2D eigenvalue weighted by Crippen LogP contribution is 2.61. The van der Waals surface area contributed by atoms with Gasteiger partial charge in [-0.1, -0.05) is 30.7 Å². The maximum Gasteiger partial charge on any atom is 0.224 e. The van der Waals surface area contributed by atoms with Gasteiger partial charge in [0.15, 0.2) is 0 Å². The molecule has 3 fully saturated rings. The standard InChI is InChI=1S/C21H28N2O/c22-16-10-14-5-3-6-15(11-16)19(14)23-20(24)18-12-21(18)9-8-13-4-1-2-7-17(13)21/h1-2,4,7,14-16,18-19H,3,5-6,8-12,22H2,(H,23,24). The van der Waals surface area contributed by atoms with Crippen LogP contribution < -0.4 is 11.1 Å². The van der Waals surface area contributed by atoms with Gasteiger partial charge in [0, 0.05) is 23.4 Å². The summed E-state index contributed by atoms with van der Waals surface area (Å²) in [5.41, 5.74) is 9.31. The van der Waals surface area contributed by atoms with Crippen molar-refractivity contribution in [1.82, 2.24) is 5.32 Å². The van der Waals surface area contributed by atoms with Crippen molar-refractivity contribution in [2.75, 3.05) is 0 Å². The summed E-state index contributed by atoms with van der Waals surface area (Å²) in [5, 5.41) is 3.49. The molecule has 4 aliphatic carbocycles. The fraction of sp³-hybridized carbons (Fsp3) is 0.667. The maximum absolute atomic E-state index is 13.0. The van der Waals surface area contributed by atoms with E-state index in [2.05, 4.69) is 29.6 Å². The summed E-state index contributed by atoms with van der Waals surface area (Å²) in [6, 6.07) is 9.49. The van der Waals surface area contributed by atoms with Crippen molar-refractivity contribution >= 4 is 5.91 Å². The first-order valence-corrected chi connectivity index (χ1v) is 9.82. The normalized spacial score (nSPS) is 42.6. The summed E-state index contributed by atoms with van der Waals surface area (Å²) in [4.78, 5) is 13.0. The molecule has 4 unspecified atom stereocenters. The predicted octanol–water partition coefficient (Wildman–Crippen LogP) is 2.91. The van der Waals surface area contributed by atoms with Crippen LogP contribution in [0.4, 0.5) is 0 Å². The molecule has 0 aliphatic heterocycles. The molecule has 3 heteroatoms. The minimum Gasteiger partial charge on any atom is -0.353 e. The van der Waals surface area contributed by atoms with E-state index in [1.807, 2.05) is 0 Å². The minimum absolute atomic E-state index is 0.168. The van der Waals surface area contributed by atoms with E-state index in [4.69, 9.17) is 5.73 Å². The molecular formula is C21H28N2O. The van der Waals surface area contributed by atoms with Crippen LogP contribution >= 0.6 is 0 Å². The molecule has 5 rings (SSSR count). The van der Waals surface area contributed by atoms with Crippen LogP contribution in [0.15, 0.2) is 24.3 Å². The van der Waals surface area contributed by atoms with Crippen molar-refractivity contribution in [3.8, 4) is 0 Å². The number of rotatable bonds is 2. The van der Waals surface area contributed by atoms with Crippen molar-refractivity contribution in [3.05, 3.63) is 35.4 Å². The van der Waals surface area contributed by atoms with Gasteiger partial charge in [0.25, 0.3) is 0 Å².